The van der Waals surface area contributed by atoms with Gasteiger partial charge in [-0.05, 0) is 36.1 Å². The first kappa shape index (κ1) is 13.1. The van der Waals surface area contributed by atoms with Crippen LogP contribution in [-0.4, -0.2) is 0 Å². The van der Waals surface area contributed by atoms with Crippen LogP contribution in [0, 0.1) is 0 Å². The van der Waals surface area contributed by atoms with Gasteiger partial charge in [0.15, 0.2) is 0 Å². The van der Waals surface area contributed by atoms with E-state index in [-0.39, 0.29) is 5.54 Å². The van der Waals surface area contributed by atoms with Gasteiger partial charge in [-0.25, -0.2) is 0 Å². The van der Waals surface area contributed by atoms with Crippen molar-refractivity contribution in [2.45, 2.75) is 25.3 Å². The minimum absolute atomic E-state index is 0.327. The van der Waals surface area contributed by atoms with Gasteiger partial charge in [-0.15, -0.1) is 0 Å². The molecule has 0 fully saturated rings. The molecule has 18 heavy (non-hydrogen) atoms. The summed E-state index contributed by atoms with van der Waals surface area (Å²) < 4.78 is 0. The molecular weight excluding hydrogens is 242 g/mol. The number of halogens is 1. The molecule has 0 aliphatic carbocycles. The standard InChI is InChI=1S/C16H18ClN/c1-2-16(18,14-8-4-3-5-9-14)12-13-7-6-10-15(17)11-13/h3-11H,2,12,18H2,1H3. The third-order valence-corrected chi connectivity index (χ3v) is 3.62. The third-order valence-electron chi connectivity index (χ3n) is 3.39. The number of rotatable bonds is 4. The fourth-order valence-electron chi connectivity index (χ4n) is 2.21. The van der Waals surface area contributed by atoms with E-state index in [0.29, 0.717) is 0 Å². The minimum Gasteiger partial charge on any atom is -0.321 e. The van der Waals surface area contributed by atoms with Crippen LogP contribution in [-0.2, 0) is 12.0 Å². The van der Waals surface area contributed by atoms with Gasteiger partial charge in [-0.3, -0.25) is 0 Å². The lowest BCUT2D eigenvalue weighted by molar-refractivity contribution is 0.425. The van der Waals surface area contributed by atoms with Crippen LogP contribution in [0.3, 0.4) is 0 Å². The summed E-state index contributed by atoms with van der Waals surface area (Å²) in [7, 11) is 0. The first-order valence-corrected chi connectivity index (χ1v) is 6.61. The Morgan fingerprint density at radius 3 is 2.39 bits per heavy atom. The predicted octanol–water partition coefficient (Wildman–Crippen LogP) is 4.15. The summed E-state index contributed by atoms with van der Waals surface area (Å²) in [6.45, 7) is 2.12. The Labute approximate surface area is 114 Å². The Morgan fingerprint density at radius 1 is 1.06 bits per heavy atom. The highest BCUT2D eigenvalue weighted by molar-refractivity contribution is 6.30. The highest BCUT2D eigenvalue weighted by Crippen LogP contribution is 2.27. The van der Waals surface area contributed by atoms with Gasteiger partial charge in [0.05, 0.1) is 0 Å². The smallest absolute Gasteiger partial charge is 0.0447 e. The number of benzene rings is 2. The van der Waals surface area contributed by atoms with Crippen LogP contribution in [0.4, 0.5) is 0 Å². The van der Waals surface area contributed by atoms with Gasteiger partial charge < -0.3 is 5.73 Å². The van der Waals surface area contributed by atoms with Gasteiger partial charge in [-0.2, -0.15) is 0 Å². The van der Waals surface area contributed by atoms with E-state index >= 15 is 0 Å². The summed E-state index contributed by atoms with van der Waals surface area (Å²) in [6.07, 6.45) is 1.69. The van der Waals surface area contributed by atoms with Gasteiger partial charge in [0.2, 0.25) is 0 Å². The molecule has 2 heteroatoms. The van der Waals surface area contributed by atoms with E-state index in [0.717, 1.165) is 17.9 Å². The Bertz CT molecular complexity index is 510. The molecule has 0 saturated carbocycles. The molecule has 0 aromatic heterocycles. The molecular formula is C16H18ClN. The first-order chi connectivity index (χ1) is 8.64. The molecule has 94 valence electrons. The average molecular weight is 260 g/mol. The van der Waals surface area contributed by atoms with Crippen molar-refractivity contribution in [2.24, 2.45) is 5.73 Å². The topological polar surface area (TPSA) is 26.0 Å². The molecule has 1 nitrogen and oxygen atoms in total. The van der Waals surface area contributed by atoms with Crippen LogP contribution in [0.15, 0.2) is 54.6 Å². The van der Waals surface area contributed by atoms with Gasteiger partial charge in [-0.1, -0.05) is 61.0 Å². The lowest BCUT2D eigenvalue weighted by Crippen LogP contribution is -2.38. The second-order valence-corrected chi connectivity index (χ2v) is 5.12. The summed E-state index contributed by atoms with van der Waals surface area (Å²) in [5.41, 5.74) is 8.58. The molecule has 0 heterocycles. The molecule has 0 radical (unpaired) electrons. The SMILES string of the molecule is CCC(N)(Cc1cccc(Cl)c1)c1ccccc1. The zero-order valence-corrected chi connectivity index (χ0v) is 11.3. The largest absolute Gasteiger partial charge is 0.321 e. The van der Waals surface area contributed by atoms with E-state index in [1.165, 1.54) is 11.1 Å². The quantitative estimate of drug-likeness (QED) is 0.877. The predicted molar refractivity (Wildman–Crippen MR) is 77.8 cm³/mol. The summed E-state index contributed by atoms with van der Waals surface area (Å²) in [6, 6.07) is 18.2. The van der Waals surface area contributed by atoms with Gasteiger partial charge in [0.25, 0.3) is 0 Å². The minimum atomic E-state index is -0.327. The normalized spacial score (nSPS) is 14.2. The van der Waals surface area contributed by atoms with Crippen molar-refractivity contribution >= 4 is 11.6 Å². The monoisotopic (exact) mass is 259 g/mol. The Kier molecular flexibility index (Phi) is 4.05. The molecule has 0 aliphatic rings. The summed E-state index contributed by atoms with van der Waals surface area (Å²) in [5, 5.41) is 0.763. The van der Waals surface area contributed by atoms with Crippen LogP contribution >= 0.6 is 11.6 Å². The molecule has 0 amide bonds. The molecule has 1 atom stereocenters. The van der Waals surface area contributed by atoms with E-state index < -0.39 is 0 Å². The summed E-state index contributed by atoms with van der Waals surface area (Å²) in [4.78, 5) is 0. The lowest BCUT2D eigenvalue weighted by Gasteiger charge is -2.29. The van der Waals surface area contributed by atoms with Crippen molar-refractivity contribution in [2.75, 3.05) is 0 Å². The Balaban J connectivity index is 2.29. The highest BCUT2D eigenvalue weighted by atomic mass is 35.5. The first-order valence-electron chi connectivity index (χ1n) is 6.23. The second-order valence-electron chi connectivity index (χ2n) is 4.68. The summed E-state index contributed by atoms with van der Waals surface area (Å²) in [5.74, 6) is 0. The van der Waals surface area contributed by atoms with E-state index in [4.69, 9.17) is 17.3 Å². The van der Waals surface area contributed by atoms with Crippen molar-refractivity contribution < 1.29 is 0 Å². The zero-order valence-electron chi connectivity index (χ0n) is 10.6. The van der Waals surface area contributed by atoms with Gasteiger partial charge in [0.1, 0.15) is 0 Å². The van der Waals surface area contributed by atoms with Crippen LogP contribution in [0.2, 0.25) is 5.02 Å². The van der Waals surface area contributed by atoms with Crippen LogP contribution in [0.1, 0.15) is 24.5 Å². The van der Waals surface area contributed by atoms with Crippen molar-refractivity contribution in [1.82, 2.24) is 0 Å². The third kappa shape index (κ3) is 2.92. The van der Waals surface area contributed by atoms with E-state index in [9.17, 15) is 0 Å². The Hall–Kier alpha value is -1.31. The zero-order chi connectivity index (χ0) is 13.0. The molecule has 1 unspecified atom stereocenters. The van der Waals surface area contributed by atoms with Crippen molar-refractivity contribution in [1.29, 1.82) is 0 Å². The average Bonchev–Trinajstić information content (AvgIpc) is 2.39. The van der Waals surface area contributed by atoms with Crippen molar-refractivity contribution in [3.05, 3.63) is 70.7 Å². The maximum atomic E-state index is 6.56. The second kappa shape index (κ2) is 5.55. The van der Waals surface area contributed by atoms with Crippen molar-refractivity contribution in [3.8, 4) is 0 Å². The molecule has 0 spiro atoms. The fraction of sp³-hybridized carbons (Fsp3) is 0.250. The Morgan fingerprint density at radius 2 is 1.78 bits per heavy atom. The van der Waals surface area contributed by atoms with Gasteiger partial charge >= 0.3 is 0 Å². The molecule has 2 aromatic rings. The summed E-state index contributed by atoms with van der Waals surface area (Å²) >= 11 is 6.02. The van der Waals surface area contributed by atoms with E-state index in [1.54, 1.807) is 0 Å². The fourth-order valence-corrected chi connectivity index (χ4v) is 2.43. The molecule has 0 aliphatic heterocycles. The molecule has 2 aromatic carbocycles. The molecule has 2 N–H and O–H groups in total. The maximum Gasteiger partial charge on any atom is 0.0447 e. The number of hydrogen-bond donors (Lipinski definition) is 1. The molecule has 0 saturated heterocycles. The van der Waals surface area contributed by atoms with E-state index in [1.807, 2.05) is 36.4 Å². The highest BCUT2D eigenvalue weighted by Gasteiger charge is 2.25. The van der Waals surface area contributed by atoms with Crippen molar-refractivity contribution in [3.63, 3.8) is 0 Å². The van der Waals surface area contributed by atoms with Crippen LogP contribution in [0.5, 0.6) is 0 Å². The van der Waals surface area contributed by atoms with Crippen LogP contribution in [0.25, 0.3) is 0 Å². The molecule has 0 bridgehead atoms. The van der Waals surface area contributed by atoms with Crippen LogP contribution < -0.4 is 5.73 Å². The lowest BCUT2D eigenvalue weighted by atomic mass is 9.82. The van der Waals surface area contributed by atoms with E-state index in [2.05, 4.69) is 25.1 Å². The number of hydrogen-bond acceptors (Lipinski definition) is 1. The number of nitrogens with two attached hydrogens (primary N) is 1. The molecule has 2 rings (SSSR count). The van der Waals surface area contributed by atoms with Gasteiger partial charge in [0, 0.05) is 10.6 Å². The maximum absolute atomic E-state index is 6.56.